The number of amides is 1. The Hall–Kier alpha value is -2.34. The second-order valence-electron chi connectivity index (χ2n) is 5.08. The second kappa shape index (κ2) is 7.09. The highest BCUT2D eigenvalue weighted by Gasteiger charge is 2.16. The van der Waals surface area contributed by atoms with Crippen molar-refractivity contribution in [2.45, 2.75) is 26.3 Å². The van der Waals surface area contributed by atoms with Crippen molar-refractivity contribution in [3.63, 3.8) is 0 Å². The number of carbonyl (C=O) groups is 1. The molecule has 0 radical (unpaired) electrons. The van der Waals surface area contributed by atoms with Crippen molar-refractivity contribution in [1.82, 2.24) is 10.3 Å². The molecule has 0 bridgehead atoms. The van der Waals surface area contributed by atoms with Gasteiger partial charge in [-0.15, -0.1) is 0 Å². The summed E-state index contributed by atoms with van der Waals surface area (Å²) in [6.45, 7) is 3.41. The van der Waals surface area contributed by atoms with Gasteiger partial charge < -0.3 is 19.6 Å². The van der Waals surface area contributed by atoms with Crippen LogP contribution in [0.25, 0.3) is 11.5 Å². The molecule has 2 rings (SSSR count). The van der Waals surface area contributed by atoms with E-state index in [1.807, 2.05) is 24.3 Å². The van der Waals surface area contributed by atoms with Crippen LogP contribution in [0.15, 0.2) is 28.7 Å². The van der Waals surface area contributed by atoms with E-state index in [4.69, 9.17) is 14.3 Å². The minimum Gasteiger partial charge on any atom is -0.497 e. The van der Waals surface area contributed by atoms with Gasteiger partial charge >= 0.3 is 0 Å². The van der Waals surface area contributed by atoms with Gasteiger partial charge in [-0.05, 0) is 32.0 Å². The SMILES string of the molecule is COc1cccc(-c2nc(CC(=O)NC(C)CO)c(C)o2)c1. The van der Waals surface area contributed by atoms with Gasteiger partial charge in [-0.2, -0.15) is 0 Å². The van der Waals surface area contributed by atoms with E-state index >= 15 is 0 Å². The van der Waals surface area contributed by atoms with Gasteiger partial charge in [0.25, 0.3) is 0 Å². The van der Waals surface area contributed by atoms with Crippen molar-refractivity contribution in [3.05, 3.63) is 35.7 Å². The smallest absolute Gasteiger partial charge is 0.226 e. The topological polar surface area (TPSA) is 84.6 Å². The van der Waals surface area contributed by atoms with Crippen LogP contribution in [-0.4, -0.2) is 35.8 Å². The number of benzene rings is 1. The second-order valence-corrected chi connectivity index (χ2v) is 5.08. The first-order chi connectivity index (χ1) is 10.5. The Morgan fingerprint density at radius 1 is 1.50 bits per heavy atom. The number of aliphatic hydroxyl groups excluding tert-OH is 1. The summed E-state index contributed by atoms with van der Waals surface area (Å²) in [6.07, 6.45) is 0.115. The van der Waals surface area contributed by atoms with Crippen molar-refractivity contribution in [3.8, 4) is 17.2 Å². The van der Waals surface area contributed by atoms with Gasteiger partial charge in [0.15, 0.2) is 0 Å². The molecule has 1 heterocycles. The van der Waals surface area contributed by atoms with E-state index in [0.717, 1.165) is 5.56 Å². The number of aliphatic hydroxyl groups is 1. The molecule has 6 heteroatoms. The molecule has 1 unspecified atom stereocenters. The average molecular weight is 304 g/mol. The Morgan fingerprint density at radius 2 is 2.27 bits per heavy atom. The fourth-order valence-corrected chi connectivity index (χ4v) is 2.00. The lowest BCUT2D eigenvalue weighted by atomic mass is 10.2. The number of hydrogen-bond acceptors (Lipinski definition) is 5. The summed E-state index contributed by atoms with van der Waals surface area (Å²) in [5.74, 6) is 1.57. The van der Waals surface area contributed by atoms with Gasteiger partial charge in [0, 0.05) is 11.6 Å². The molecule has 22 heavy (non-hydrogen) atoms. The molecule has 0 aliphatic rings. The molecule has 0 fully saturated rings. The highest BCUT2D eigenvalue weighted by atomic mass is 16.5. The van der Waals surface area contributed by atoms with Crippen molar-refractivity contribution in [1.29, 1.82) is 0 Å². The van der Waals surface area contributed by atoms with E-state index in [9.17, 15) is 4.79 Å². The van der Waals surface area contributed by atoms with Crippen molar-refractivity contribution in [2.75, 3.05) is 13.7 Å². The monoisotopic (exact) mass is 304 g/mol. The van der Waals surface area contributed by atoms with E-state index < -0.39 is 0 Å². The minimum absolute atomic E-state index is 0.0986. The molecule has 0 aliphatic carbocycles. The number of nitrogens with one attached hydrogen (secondary N) is 1. The maximum atomic E-state index is 11.9. The lowest BCUT2D eigenvalue weighted by Crippen LogP contribution is -2.36. The maximum absolute atomic E-state index is 11.9. The lowest BCUT2D eigenvalue weighted by molar-refractivity contribution is -0.121. The molecule has 1 aromatic heterocycles. The molecule has 0 saturated heterocycles. The number of oxazole rings is 1. The molecule has 0 spiro atoms. The van der Waals surface area contributed by atoms with Crippen LogP contribution in [-0.2, 0) is 11.2 Å². The zero-order valence-electron chi connectivity index (χ0n) is 12.9. The summed E-state index contributed by atoms with van der Waals surface area (Å²) >= 11 is 0. The number of aryl methyl sites for hydroxylation is 1. The van der Waals surface area contributed by atoms with Crippen molar-refractivity contribution in [2.24, 2.45) is 0 Å². The molecule has 2 aromatic rings. The molecule has 118 valence electrons. The molecule has 1 atom stereocenters. The summed E-state index contributed by atoms with van der Waals surface area (Å²) in [4.78, 5) is 16.2. The molecule has 1 aromatic carbocycles. The van der Waals surface area contributed by atoms with Crippen LogP contribution in [0.3, 0.4) is 0 Å². The van der Waals surface area contributed by atoms with E-state index in [-0.39, 0.29) is 25.0 Å². The number of ether oxygens (including phenoxy) is 1. The van der Waals surface area contributed by atoms with Crippen molar-refractivity contribution >= 4 is 5.91 Å². The van der Waals surface area contributed by atoms with Crippen molar-refractivity contribution < 1.29 is 19.1 Å². The maximum Gasteiger partial charge on any atom is 0.226 e. The van der Waals surface area contributed by atoms with Gasteiger partial charge in [-0.3, -0.25) is 4.79 Å². The van der Waals surface area contributed by atoms with Gasteiger partial charge in [-0.25, -0.2) is 4.98 Å². The molecule has 2 N–H and O–H groups in total. The van der Waals surface area contributed by atoms with Crippen LogP contribution in [0, 0.1) is 6.92 Å². The standard InChI is InChI=1S/C16H20N2O4/c1-10(9-19)17-15(20)8-14-11(2)22-16(18-14)12-5-4-6-13(7-12)21-3/h4-7,10,19H,8-9H2,1-3H3,(H,17,20). The predicted molar refractivity (Wildman–Crippen MR) is 81.6 cm³/mol. The zero-order valence-corrected chi connectivity index (χ0v) is 12.9. The number of carbonyl (C=O) groups excluding carboxylic acids is 1. The molecule has 0 saturated carbocycles. The molecule has 6 nitrogen and oxygen atoms in total. The molecular formula is C16H20N2O4. The van der Waals surface area contributed by atoms with Crippen LogP contribution in [0.4, 0.5) is 0 Å². The third-order valence-corrected chi connectivity index (χ3v) is 3.22. The number of methoxy groups -OCH3 is 1. The summed E-state index contributed by atoms with van der Waals surface area (Å²) in [5, 5.41) is 11.6. The highest BCUT2D eigenvalue weighted by Crippen LogP contribution is 2.25. The zero-order chi connectivity index (χ0) is 16.1. The average Bonchev–Trinajstić information content (AvgIpc) is 2.88. The summed E-state index contributed by atoms with van der Waals surface area (Å²) in [7, 11) is 1.60. The number of hydrogen-bond donors (Lipinski definition) is 2. The first-order valence-electron chi connectivity index (χ1n) is 7.04. The van der Waals surface area contributed by atoms with E-state index in [1.165, 1.54) is 0 Å². The fourth-order valence-electron chi connectivity index (χ4n) is 2.00. The van der Waals surface area contributed by atoms with Crippen LogP contribution < -0.4 is 10.1 Å². The molecule has 0 aliphatic heterocycles. The summed E-state index contributed by atoms with van der Waals surface area (Å²) in [5.41, 5.74) is 1.37. The predicted octanol–water partition coefficient (Wildman–Crippen LogP) is 1.70. The van der Waals surface area contributed by atoms with Gasteiger partial charge in [-0.1, -0.05) is 6.07 Å². The van der Waals surface area contributed by atoms with Gasteiger partial charge in [0.05, 0.1) is 25.8 Å². The number of rotatable bonds is 6. The van der Waals surface area contributed by atoms with E-state index in [0.29, 0.717) is 23.1 Å². The highest BCUT2D eigenvalue weighted by molar-refractivity contribution is 5.78. The minimum atomic E-state index is -0.280. The summed E-state index contributed by atoms with van der Waals surface area (Å²) < 4.78 is 10.8. The van der Waals surface area contributed by atoms with E-state index in [1.54, 1.807) is 21.0 Å². The molecular weight excluding hydrogens is 284 g/mol. The Bertz CT molecular complexity index is 651. The Morgan fingerprint density at radius 3 is 2.95 bits per heavy atom. The van der Waals surface area contributed by atoms with Crippen LogP contribution in [0.5, 0.6) is 5.75 Å². The Labute approximate surface area is 129 Å². The first-order valence-corrected chi connectivity index (χ1v) is 7.04. The largest absolute Gasteiger partial charge is 0.497 e. The Balaban J connectivity index is 2.15. The lowest BCUT2D eigenvalue weighted by Gasteiger charge is -2.09. The summed E-state index contributed by atoms with van der Waals surface area (Å²) in [6, 6.07) is 7.10. The molecule has 1 amide bonds. The fraction of sp³-hybridized carbons (Fsp3) is 0.375. The van der Waals surface area contributed by atoms with E-state index in [2.05, 4.69) is 10.3 Å². The van der Waals surface area contributed by atoms with Crippen LogP contribution in [0.1, 0.15) is 18.4 Å². The van der Waals surface area contributed by atoms with Gasteiger partial charge in [0.1, 0.15) is 11.5 Å². The van der Waals surface area contributed by atoms with Crippen LogP contribution in [0.2, 0.25) is 0 Å². The number of nitrogens with zero attached hydrogens (tertiary/aromatic N) is 1. The normalized spacial score (nSPS) is 12.0. The third-order valence-electron chi connectivity index (χ3n) is 3.22. The first kappa shape index (κ1) is 16.0. The Kier molecular flexibility index (Phi) is 5.16. The number of aromatic nitrogens is 1. The quantitative estimate of drug-likeness (QED) is 0.848. The third kappa shape index (κ3) is 3.85. The van der Waals surface area contributed by atoms with Gasteiger partial charge in [0.2, 0.25) is 11.8 Å². The van der Waals surface area contributed by atoms with Crippen LogP contribution >= 0.6 is 0 Å².